The largest absolute Gasteiger partial charge is 0.508 e. The van der Waals surface area contributed by atoms with Crippen molar-refractivity contribution in [3.63, 3.8) is 0 Å². The highest BCUT2D eigenvalue weighted by molar-refractivity contribution is 5.58. The Hall–Kier alpha value is -1.38. The van der Waals surface area contributed by atoms with E-state index < -0.39 is 18.3 Å². The lowest BCUT2D eigenvalue weighted by Crippen LogP contribution is -2.52. The molecule has 0 amide bonds. The molecule has 42 heavy (non-hydrogen) atoms. The van der Waals surface area contributed by atoms with Crippen LogP contribution in [0.4, 0.5) is 5.69 Å². The van der Waals surface area contributed by atoms with Crippen LogP contribution in [0, 0.1) is 0 Å². The van der Waals surface area contributed by atoms with E-state index in [1.807, 2.05) is 6.07 Å². The number of anilines is 1. The highest BCUT2D eigenvalue weighted by Gasteiger charge is 2.40. The molecule has 1 fully saturated rings. The summed E-state index contributed by atoms with van der Waals surface area (Å²) in [4.78, 5) is 2.47. The first kappa shape index (κ1) is 36.8. The Kier molecular flexibility index (Phi) is 19.4. The van der Waals surface area contributed by atoms with Gasteiger partial charge in [0.2, 0.25) is 0 Å². The van der Waals surface area contributed by atoms with E-state index in [0.717, 1.165) is 75.7 Å². The zero-order chi connectivity index (χ0) is 30.6. The summed E-state index contributed by atoms with van der Waals surface area (Å²) in [6.45, 7) is 15.3. The quantitative estimate of drug-likeness (QED) is 0.126. The van der Waals surface area contributed by atoms with Crippen LogP contribution in [0.3, 0.4) is 0 Å². The predicted molar refractivity (Wildman–Crippen MR) is 173 cm³/mol. The van der Waals surface area contributed by atoms with E-state index in [1.54, 1.807) is 6.07 Å². The van der Waals surface area contributed by atoms with Crippen LogP contribution < -0.4 is 4.90 Å². The van der Waals surface area contributed by atoms with Gasteiger partial charge in [0.05, 0.1) is 12.7 Å². The number of benzene rings is 1. The monoisotopic (exact) mass is 593 g/mol. The molecular weight excluding hydrogens is 530 g/mol. The van der Waals surface area contributed by atoms with Crippen molar-refractivity contribution >= 4 is 5.69 Å². The van der Waals surface area contributed by atoms with Crippen LogP contribution in [0.15, 0.2) is 18.2 Å². The number of rotatable bonds is 23. The van der Waals surface area contributed by atoms with E-state index in [0.29, 0.717) is 26.4 Å². The maximum atomic E-state index is 11.5. The average Bonchev–Trinajstić information content (AvgIpc) is 3.28. The Morgan fingerprint density at radius 1 is 0.714 bits per heavy atom. The molecule has 1 aliphatic rings. The van der Waals surface area contributed by atoms with Crippen LogP contribution in [-0.2, 0) is 18.9 Å². The van der Waals surface area contributed by atoms with Gasteiger partial charge < -0.3 is 34.1 Å². The minimum atomic E-state index is -0.843. The average molecular weight is 594 g/mol. The minimum Gasteiger partial charge on any atom is -0.508 e. The maximum Gasteiger partial charge on any atom is 0.116 e. The Bertz CT molecular complexity index is 800. The van der Waals surface area contributed by atoms with Gasteiger partial charge in [0, 0.05) is 51.1 Å². The van der Waals surface area contributed by atoms with Gasteiger partial charge in [0.1, 0.15) is 24.1 Å². The molecule has 1 aliphatic heterocycles. The van der Waals surface area contributed by atoms with Crippen LogP contribution >= 0.6 is 0 Å². The van der Waals surface area contributed by atoms with Crippen LogP contribution in [0.5, 0.6) is 5.75 Å². The Morgan fingerprint density at radius 3 is 1.81 bits per heavy atom. The predicted octanol–water partition coefficient (Wildman–Crippen LogP) is 7.61. The molecule has 2 rings (SSSR count). The SMILES string of the molecule is CCCCOC[C@@H](O)[C@@H](OCCCC)C(OCCCC)[C@@H](OCCCC)C(C)c1cc(O)ccc1N1CCCCCC1. The zero-order valence-electron chi connectivity index (χ0n) is 27.5. The fourth-order valence-corrected chi connectivity index (χ4v) is 5.64. The topological polar surface area (TPSA) is 80.6 Å². The molecule has 1 heterocycles. The minimum absolute atomic E-state index is 0.107. The molecule has 0 saturated carbocycles. The van der Waals surface area contributed by atoms with E-state index in [4.69, 9.17) is 18.9 Å². The van der Waals surface area contributed by atoms with Gasteiger partial charge in [-0.05, 0) is 62.3 Å². The van der Waals surface area contributed by atoms with Crippen molar-refractivity contribution in [1.29, 1.82) is 0 Å². The summed E-state index contributed by atoms with van der Waals surface area (Å²) in [5.74, 6) is 0.149. The number of hydrogen-bond acceptors (Lipinski definition) is 7. The van der Waals surface area contributed by atoms with Gasteiger partial charge in [-0.2, -0.15) is 0 Å². The van der Waals surface area contributed by atoms with E-state index in [1.165, 1.54) is 25.7 Å². The third-order valence-electron chi connectivity index (χ3n) is 8.32. The van der Waals surface area contributed by atoms with Crippen molar-refractivity contribution in [2.24, 2.45) is 0 Å². The maximum absolute atomic E-state index is 11.5. The van der Waals surface area contributed by atoms with Crippen LogP contribution in [0.25, 0.3) is 0 Å². The molecule has 1 aromatic carbocycles. The fourth-order valence-electron chi connectivity index (χ4n) is 5.64. The number of phenols is 1. The Labute approximate surface area is 257 Å². The number of nitrogens with zero attached hydrogens (tertiary/aromatic N) is 1. The van der Waals surface area contributed by atoms with Gasteiger partial charge in [0.25, 0.3) is 0 Å². The van der Waals surface area contributed by atoms with Gasteiger partial charge >= 0.3 is 0 Å². The lowest BCUT2D eigenvalue weighted by Gasteiger charge is -2.39. The van der Waals surface area contributed by atoms with Gasteiger partial charge in [-0.25, -0.2) is 0 Å². The molecule has 2 N–H and O–H groups in total. The molecule has 0 spiro atoms. The summed E-state index contributed by atoms with van der Waals surface area (Å²) < 4.78 is 25.7. The summed E-state index contributed by atoms with van der Waals surface area (Å²) >= 11 is 0. The van der Waals surface area contributed by atoms with Crippen molar-refractivity contribution in [2.75, 3.05) is 51.0 Å². The van der Waals surface area contributed by atoms with E-state index >= 15 is 0 Å². The number of unbranched alkanes of at least 4 members (excludes halogenated alkanes) is 4. The van der Waals surface area contributed by atoms with Gasteiger partial charge in [-0.3, -0.25) is 0 Å². The van der Waals surface area contributed by atoms with Crippen LogP contribution in [0.2, 0.25) is 0 Å². The number of aliphatic hydroxyl groups is 1. The van der Waals surface area contributed by atoms with Crippen molar-refractivity contribution in [3.05, 3.63) is 23.8 Å². The van der Waals surface area contributed by atoms with E-state index in [9.17, 15) is 10.2 Å². The second-order valence-electron chi connectivity index (χ2n) is 12.0. The van der Waals surface area contributed by atoms with Crippen molar-refractivity contribution in [3.8, 4) is 5.75 Å². The third-order valence-corrected chi connectivity index (χ3v) is 8.32. The molecule has 0 radical (unpaired) electrons. The first-order chi connectivity index (χ1) is 20.5. The summed E-state index contributed by atoms with van der Waals surface area (Å²) in [6.07, 6.45) is 10.4. The molecule has 7 nitrogen and oxygen atoms in total. The summed E-state index contributed by atoms with van der Waals surface area (Å²) in [7, 11) is 0. The summed E-state index contributed by atoms with van der Waals surface area (Å²) in [5, 5.41) is 22.2. The zero-order valence-corrected chi connectivity index (χ0v) is 27.5. The Morgan fingerprint density at radius 2 is 1.24 bits per heavy atom. The third kappa shape index (κ3) is 12.7. The fraction of sp³-hybridized carbons (Fsp3) is 0.829. The molecule has 1 saturated heterocycles. The summed E-state index contributed by atoms with van der Waals surface area (Å²) in [5.41, 5.74) is 2.22. The number of aliphatic hydroxyl groups excluding tert-OH is 1. The standard InChI is InChI=1S/C35H63NO6/c1-6-10-22-39-27-32(38)34(41-24-12-8-3)35(42-25-13-9-4)33(40-23-11-7-2)28(5)30-26-29(37)18-19-31(30)36-20-16-14-15-17-21-36/h18-19,26,28,32-35,37-38H,6-17,20-25,27H2,1-5H3/t28?,32-,33+,34-,35?/m1/s1. The molecule has 0 aromatic heterocycles. The van der Waals surface area contributed by atoms with Gasteiger partial charge in [0.15, 0.2) is 0 Å². The number of hydrogen-bond donors (Lipinski definition) is 2. The first-order valence-corrected chi connectivity index (χ1v) is 17.2. The molecule has 1 aromatic rings. The smallest absolute Gasteiger partial charge is 0.116 e. The highest BCUT2D eigenvalue weighted by Crippen LogP contribution is 2.37. The highest BCUT2D eigenvalue weighted by atomic mass is 16.6. The lowest BCUT2D eigenvalue weighted by atomic mass is 9.86. The van der Waals surface area contributed by atoms with Crippen molar-refractivity contribution in [2.45, 2.75) is 142 Å². The first-order valence-electron chi connectivity index (χ1n) is 17.2. The molecule has 0 bridgehead atoms. The molecule has 2 unspecified atom stereocenters. The summed E-state index contributed by atoms with van der Waals surface area (Å²) in [6, 6.07) is 5.77. The lowest BCUT2D eigenvalue weighted by molar-refractivity contribution is -0.181. The number of aromatic hydroxyl groups is 1. The van der Waals surface area contributed by atoms with Crippen molar-refractivity contribution in [1.82, 2.24) is 0 Å². The molecule has 244 valence electrons. The molecular formula is C35H63NO6. The van der Waals surface area contributed by atoms with Crippen LogP contribution in [-0.4, -0.2) is 80.8 Å². The second kappa shape index (κ2) is 22.2. The molecule has 0 aliphatic carbocycles. The second-order valence-corrected chi connectivity index (χ2v) is 12.0. The van der Waals surface area contributed by atoms with Gasteiger partial charge in [-0.15, -0.1) is 0 Å². The molecule has 7 heteroatoms. The van der Waals surface area contributed by atoms with Gasteiger partial charge in [-0.1, -0.05) is 73.1 Å². The molecule has 5 atom stereocenters. The Balaban J connectivity index is 2.50. The van der Waals surface area contributed by atoms with E-state index in [2.05, 4.69) is 45.6 Å². The van der Waals surface area contributed by atoms with Crippen LogP contribution in [0.1, 0.15) is 123 Å². The van der Waals surface area contributed by atoms with Crippen molar-refractivity contribution < 1.29 is 29.2 Å². The normalized spacial score (nSPS) is 17.9. The number of ether oxygens (including phenoxy) is 4. The number of phenolic OH excluding ortho intramolecular Hbond substituents is 1. The van der Waals surface area contributed by atoms with E-state index in [-0.39, 0.29) is 24.4 Å².